The third-order valence-corrected chi connectivity index (χ3v) is 2.27. The molecule has 0 aromatic heterocycles. The molecule has 5 nitrogen and oxygen atoms in total. The van der Waals surface area contributed by atoms with Crippen LogP contribution in [-0.4, -0.2) is 48.8 Å². The van der Waals surface area contributed by atoms with E-state index in [4.69, 9.17) is 4.55 Å². The molecule has 12 heavy (non-hydrogen) atoms. The lowest BCUT2D eigenvalue weighted by Crippen LogP contribution is -2.27. The molecule has 0 saturated heterocycles. The van der Waals surface area contributed by atoms with Gasteiger partial charge in [-0.3, -0.25) is 4.55 Å². The lowest BCUT2D eigenvalue weighted by molar-refractivity contribution is 0.306. The molecule has 0 unspecified atom stereocenters. The van der Waals surface area contributed by atoms with E-state index in [0.29, 0.717) is 13.2 Å². The summed E-state index contributed by atoms with van der Waals surface area (Å²) in [5.74, 6) is -0.217. The second kappa shape index (κ2) is 3.32. The fraction of sp³-hybridized carbons (Fsp3) is 0.667. The molecule has 0 bridgehead atoms. The van der Waals surface area contributed by atoms with Gasteiger partial charge in [0.2, 0.25) is 0 Å². The zero-order valence-electron chi connectivity index (χ0n) is 6.84. The molecular formula is C6H12N2O3S. The first-order valence-corrected chi connectivity index (χ1v) is 5.16. The molecule has 0 atom stereocenters. The quantitative estimate of drug-likeness (QED) is 0.614. The average Bonchev–Trinajstić information content (AvgIpc) is 2.30. The fourth-order valence-electron chi connectivity index (χ4n) is 0.967. The van der Waals surface area contributed by atoms with Gasteiger partial charge in [0.15, 0.2) is 0 Å². The minimum absolute atomic E-state index is 0.217. The van der Waals surface area contributed by atoms with E-state index in [9.17, 15) is 8.42 Å². The largest absolute Gasteiger partial charge is 0.362 e. The molecule has 0 aromatic carbocycles. The van der Waals surface area contributed by atoms with Crippen molar-refractivity contribution in [2.75, 3.05) is 26.0 Å². The molecule has 70 valence electrons. The van der Waals surface area contributed by atoms with E-state index in [-0.39, 0.29) is 5.75 Å². The topological polar surface area (TPSA) is 60.9 Å². The highest BCUT2D eigenvalue weighted by Gasteiger charge is 2.11. The van der Waals surface area contributed by atoms with Gasteiger partial charge in [-0.15, -0.1) is 0 Å². The molecule has 0 aromatic rings. The van der Waals surface area contributed by atoms with E-state index in [0.717, 1.165) is 0 Å². The number of hydrogen-bond acceptors (Lipinski definition) is 4. The predicted molar refractivity (Wildman–Crippen MR) is 44.9 cm³/mol. The van der Waals surface area contributed by atoms with Crippen LogP contribution < -0.4 is 0 Å². The van der Waals surface area contributed by atoms with Gasteiger partial charge in [0, 0.05) is 26.0 Å². The first kappa shape index (κ1) is 9.34. The van der Waals surface area contributed by atoms with Crippen molar-refractivity contribution in [1.29, 1.82) is 0 Å². The molecule has 1 aliphatic heterocycles. The summed E-state index contributed by atoms with van der Waals surface area (Å²) in [7, 11) is -1.93. The van der Waals surface area contributed by atoms with Crippen LogP contribution in [-0.2, 0) is 10.1 Å². The second-order valence-corrected chi connectivity index (χ2v) is 4.37. The molecule has 0 aliphatic carbocycles. The Bertz CT molecular complexity index is 273. The molecule has 6 heteroatoms. The maximum atomic E-state index is 10.4. The van der Waals surface area contributed by atoms with E-state index in [1.54, 1.807) is 6.20 Å². The van der Waals surface area contributed by atoms with Crippen molar-refractivity contribution in [2.45, 2.75) is 0 Å². The van der Waals surface area contributed by atoms with Crippen molar-refractivity contribution in [3.63, 3.8) is 0 Å². The Kier molecular flexibility index (Phi) is 2.58. The first-order valence-electron chi connectivity index (χ1n) is 3.55. The summed E-state index contributed by atoms with van der Waals surface area (Å²) in [5.41, 5.74) is 0. The molecule has 0 spiro atoms. The van der Waals surface area contributed by atoms with Crippen molar-refractivity contribution in [3.05, 3.63) is 12.4 Å². The smallest absolute Gasteiger partial charge is 0.266 e. The van der Waals surface area contributed by atoms with Gasteiger partial charge >= 0.3 is 0 Å². The lowest BCUT2D eigenvalue weighted by atomic mass is 10.6. The Labute approximate surface area is 72.0 Å². The van der Waals surface area contributed by atoms with Crippen LogP contribution in [0.25, 0.3) is 0 Å². The number of nitrogens with zero attached hydrogens (tertiary/aromatic N) is 2. The van der Waals surface area contributed by atoms with Crippen LogP contribution in [0.3, 0.4) is 0 Å². The predicted octanol–water partition coefficient (Wildman–Crippen LogP) is -0.450. The van der Waals surface area contributed by atoms with Crippen LogP contribution in [0.15, 0.2) is 12.4 Å². The molecule has 1 rings (SSSR count). The Morgan fingerprint density at radius 1 is 1.50 bits per heavy atom. The Balaban J connectivity index is 2.31. The van der Waals surface area contributed by atoms with E-state index < -0.39 is 10.1 Å². The van der Waals surface area contributed by atoms with Crippen LogP contribution in [0.5, 0.6) is 0 Å². The minimum atomic E-state index is -3.82. The van der Waals surface area contributed by atoms with E-state index in [1.807, 2.05) is 23.0 Å². The van der Waals surface area contributed by atoms with Crippen molar-refractivity contribution in [2.24, 2.45) is 0 Å². The van der Waals surface area contributed by atoms with Crippen LogP contribution in [0.4, 0.5) is 0 Å². The molecule has 0 fully saturated rings. The summed E-state index contributed by atoms with van der Waals surface area (Å²) in [5, 5.41) is 0. The zero-order valence-corrected chi connectivity index (χ0v) is 7.66. The van der Waals surface area contributed by atoms with Crippen LogP contribution >= 0.6 is 0 Å². The van der Waals surface area contributed by atoms with Crippen LogP contribution in [0.2, 0.25) is 0 Å². The molecule has 1 N–H and O–H groups in total. The van der Waals surface area contributed by atoms with Gasteiger partial charge in [-0.05, 0) is 0 Å². The third kappa shape index (κ3) is 3.10. The van der Waals surface area contributed by atoms with Gasteiger partial charge in [0.05, 0.1) is 12.4 Å². The fourth-order valence-corrected chi connectivity index (χ4v) is 1.43. The second-order valence-electron chi connectivity index (χ2n) is 2.79. The Hall–Kier alpha value is -0.750. The Morgan fingerprint density at radius 2 is 2.17 bits per heavy atom. The molecule has 0 saturated carbocycles. The SMILES string of the molecule is CN1C=CN(CCS(=O)(=O)O)C1. The third-order valence-electron chi connectivity index (χ3n) is 1.57. The van der Waals surface area contributed by atoms with Crippen molar-refractivity contribution in [1.82, 2.24) is 9.80 Å². The van der Waals surface area contributed by atoms with E-state index in [2.05, 4.69) is 0 Å². The summed E-state index contributed by atoms with van der Waals surface area (Å²) in [6, 6.07) is 0. The number of hydrogen-bond donors (Lipinski definition) is 1. The summed E-state index contributed by atoms with van der Waals surface area (Å²) in [6.45, 7) is 1.01. The summed E-state index contributed by atoms with van der Waals surface area (Å²) in [6.07, 6.45) is 3.65. The normalized spacial score (nSPS) is 17.5. The first-order chi connectivity index (χ1) is 5.47. The highest BCUT2D eigenvalue weighted by atomic mass is 32.2. The van der Waals surface area contributed by atoms with Crippen molar-refractivity contribution >= 4 is 10.1 Å². The molecule has 0 radical (unpaired) electrons. The standard InChI is InChI=1S/C6H12N2O3S/c1-7-2-3-8(6-7)4-5-12(9,10)11/h2-3H,4-6H2,1H3,(H,9,10,11). The minimum Gasteiger partial charge on any atom is -0.362 e. The Morgan fingerprint density at radius 3 is 2.58 bits per heavy atom. The highest BCUT2D eigenvalue weighted by molar-refractivity contribution is 7.85. The number of rotatable bonds is 3. The van der Waals surface area contributed by atoms with Crippen LogP contribution in [0.1, 0.15) is 0 Å². The van der Waals surface area contributed by atoms with Gasteiger partial charge in [-0.25, -0.2) is 0 Å². The van der Waals surface area contributed by atoms with Gasteiger partial charge in [0.1, 0.15) is 0 Å². The highest BCUT2D eigenvalue weighted by Crippen LogP contribution is 2.02. The maximum Gasteiger partial charge on any atom is 0.266 e. The van der Waals surface area contributed by atoms with Gasteiger partial charge in [-0.1, -0.05) is 0 Å². The van der Waals surface area contributed by atoms with E-state index in [1.165, 1.54) is 0 Å². The summed E-state index contributed by atoms with van der Waals surface area (Å²) >= 11 is 0. The van der Waals surface area contributed by atoms with Crippen LogP contribution in [0, 0.1) is 0 Å². The monoisotopic (exact) mass is 192 g/mol. The maximum absolute atomic E-state index is 10.4. The van der Waals surface area contributed by atoms with Crippen molar-refractivity contribution < 1.29 is 13.0 Å². The molecule has 1 heterocycles. The van der Waals surface area contributed by atoms with E-state index >= 15 is 0 Å². The summed E-state index contributed by atoms with van der Waals surface area (Å²) in [4.78, 5) is 3.73. The van der Waals surface area contributed by atoms with Gasteiger partial charge in [-0.2, -0.15) is 8.42 Å². The molecule has 0 amide bonds. The van der Waals surface area contributed by atoms with Gasteiger partial charge < -0.3 is 9.80 Å². The average molecular weight is 192 g/mol. The summed E-state index contributed by atoms with van der Waals surface area (Å²) < 4.78 is 29.2. The van der Waals surface area contributed by atoms with Crippen molar-refractivity contribution in [3.8, 4) is 0 Å². The molecule has 1 aliphatic rings. The van der Waals surface area contributed by atoms with Gasteiger partial charge in [0.25, 0.3) is 10.1 Å². The lowest BCUT2D eigenvalue weighted by Gasteiger charge is -2.16. The molecular weight excluding hydrogens is 180 g/mol. The zero-order chi connectivity index (χ0) is 9.19.